The number of amides is 1. The summed E-state index contributed by atoms with van der Waals surface area (Å²) < 4.78 is 27.8. The zero-order valence-corrected chi connectivity index (χ0v) is 19.5. The van der Waals surface area contributed by atoms with E-state index >= 15 is 0 Å². The van der Waals surface area contributed by atoms with E-state index in [1.165, 1.54) is 17.4 Å². The summed E-state index contributed by atoms with van der Waals surface area (Å²) in [5.41, 5.74) is 8.93. The molecule has 1 amide bonds. The molecule has 174 valence electrons. The van der Waals surface area contributed by atoms with E-state index in [1.807, 2.05) is 13.0 Å². The Morgan fingerprint density at radius 2 is 1.97 bits per heavy atom. The van der Waals surface area contributed by atoms with Gasteiger partial charge in [-0.3, -0.25) is 14.6 Å². The summed E-state index contributed by atoms with van der Waals surface area (Å²) in [5.74, 6) is -0.686. The van der Waals surface area contributed by atoms with E-state index in [0.717, 1.165) is 11.1 Å². The van der Waals surface area contributed by atoms with Gasteiger partial charge < -0.3 is 11.1 Å². The molecule has 11 heteroatoms. The Morgan fingerprint density at radius 1 is 1.21 bits per heavy atom. The largest absolute Gasteiger partial charge is 0.378 e. The summed E-state index contributed by atoms with van der Waals surface area (Å²) >= 11 is 0. The fourth-order valence-corrected chi connectivity index (χ4v) is 5.25. The van der Waals surface area contributed by atoms with Crippen molar-refractivity contribution in [1.29, 1.82) is 0 Å². The molecule has 0 aliphatic carbocycles. The van der Waals surface area contributed by atoms with Crippen LogP contribution in [0, 0.1) is 5.92 Å². The van der Waals surface area contributed by atoms with Gasteiger partial charge in [0.2, 0.25) is 10.0 Å². The number of ketones is 1. The lowest BCUT2D eigenvalue weighted by Gasteiger charge is -2.20. The number of carbonyl (C=O) groups excluding carboxylic acids is 2. The number of nitrogens with two attached hydrogens (primary N) is 1. The molecule has 10 nitrogen and oxygen atoms in total. The molecule has 0 radical (unpaired) electrons. The molecular weight excluding hydrogens is 444 g/mol. The van der Waals surface area contributed by atoms with Crippen molar-refractivity contribution >= 4 is 32.9 Å². The van der Waals surface area contributed by atoms with E-state index in [4.69, 9.17) is 5.73 Å². The number of sulfonamides is 1. The molecule has 33 heavy (non-hydrogen) atoms. The fraction of sp³-hybridized carbons (Fsp3) is 0.364. The van der Waals surface area contributed by atoms with Crippen LogP contribution in [0.5, 0.6) is 0 Å². The van der Waals surface area contributed by atoms with Crippen molar-refractivity contribution in [2.75, 3.05) is 24.2 Å². The van der Waals surface area contributed by atoms with Gasteiger partial charge in [0, 0.05) is 49.6 Å². The van der Waals surface area contributed by atoms with Crippen LogP contribution in [0.15, 0.2) is 36.8 Å². The lowest BCUT2D eigenvalue weighted by atomic mass is 10.1. The number of carbonyl (C=O) groups is 2. The van der Waals surface area contributed by atoms with Gasteiger partial charge in [-0.1, -0.05) is 13.0 Å². The third kappa shape index (κ3) is 4.33. The van der Waals surface area contributed by atoms with Crippen molar-refractivity contribution < 1.29 is 18.0 Å². The summed E-state index contributed by atoms with van der Waals surface area (Å²) in [4.78, 5) is 27.9. The van der Waals surface area contributed by atoms with Crippen LogP contribution < -0.4 is 11.1 Å². The topological polar surface area (TPSA) is 140 Å². The van der Waals surface area contributed by atoms with Crippen molar-refractivity contribution in [2.45, 2.75) is 26.8 Å². The van der Waals surface area contributed by atoms with Crippen LogP contribution in [0.3, 0.4) is 0 Å². The molecule has 0 spiro atoms. The second kappa shape index (κ2) is 8.56. The first-order chi connectivity index (χ1) is 15.6. The molecule has 1 saturated heterocycles. The number of nitrogens with zero attached hydrogens (tertiary/aromatic N) is 4. The summed E-state index contributed by atoms with van der Waals surface area (Å²) in [5, 5.41) is 7.68. The molecule has 2 atom stereocenters. The smallest absolute Gasteiger partial charge is 0.252 e. The highest BCUT2D eigenvalue weighted by atomic mass is 32.2. The Hall–Kier alpha value is -3.31. The van der Waals surface area contributed by atoms with E-state index in [9.17, 15) is 18.0 Å². The molecule has 0 saturated carbocycles. The van der Waals surface area contributed by atoms with E-state index in [-0.39, 0.29) is 29.1 Å². The average molecular weight is 471 g/mol. The van der Waals surface area contributed by atoms with Crippen LogP contribution >= 0.6 is 0 Å². The van der Waals surface area contributed by atoms with Crippen LogP contribution in [-0.4, -0.2) is 63.9 Å². The third-order valence-electron chi connectivity index (χ3n) is 6.03. The first-order valence-electron chi connectivity index (χ1n) is 10.6. The maximum atomic E-state index is 12.3. The standard InChI is InChI=1S/C22H26N6O4S/c1-4-33(31,32)27-10-13(2)19(12-27)26-21-17(22(23)30)9-25-28-11-16(7-20(21)28)15-5-6-18(14(3)29)24-8-15/h5-9,11,13,19,26H,4,10,12H2,1-3H3,(H2,23,30)/t13-,19+/m0/s1. The maximum Gasteiger partial charge on any atom is 0.252 e. The fourth-order valence-electron chi connectivity index (χ4n) is 4.03. The predicted molar refractivity (Wildman–Crippen MR) is 125 cm³/mol. The average Bonchev–Trinajstić information content (AvgIpc) is 3.38. The number of nitrogens with one attached hydrogen (secondary N) is 1. The lowest BCUT2D eigenvalue weighted by molar-refractivity contribution is 0.0995. The van der Waals surface area contributed by atoms with Crippen molar-refractivity contribution in [3.8, 4) is 11.1 Å². The number of rotatable bonds is 7. The van der Waals surface area contributed by atoms with Crippen LogP contribution in [0.2, 0.25) is 0 Å². The normalized spacial score (nSPS) is 19.1. The first-order valence-corrected chi connectivity index (χ1v) is 12.2. The summed E-state index contributed by atoms with van der Waals surface area (Å²) in [6.07, 6.45) is 4.81. The van der Waals surface area contributed by atoms with Crippen molar-refractivity contribution in [3.63, 3.8) is 0 Å². The molecule has 0 aromatic carbocycles. The summed E-state index contributed by atoms with van der Waals surface area (Å²) in [7, 11) is -3.31. The zero-order chi connectivity index (χ0) is 23.9. The van der Waals surface area contributed by atoms with E-state index in [2.05, 4.69) is 15.4 Å². The van der Waals surface area contributed by atoms with Gasteiger partial charge in [-0.25, -0.2) is 12.9 Å². The van der Waals surface area contributed by atoms with Gasteiger partial charge in [-0.05, 0) is 25.0 Å². The van der Waals surface area contributed by atoms with Crippen molar-refractivity contribution in [2.24, 2.45) is 11.7 Å². The molecule has 1 aliphatic heterocycles. The van der Waals surface area contributed by atoms with Crippen LogP contribution in [0.25, 0.3) is 16.6 Å². The Balaban J connectivity index is 1.73. The Morgan fingerprint density at radius 3 is 2.58 bits per heavy atom. The highest BCUT2D eigenvalue weighted by Crippen LogP contribution is 2.31. The highest BCUT2D eigenvalue weighted by molar-refractivity contribution is 7.89. The van der Waals surface area contributed by atoms with Crippen LogP contribution in [-0.2, 0) is 10.0 Å². The first kappa shape index (κ1) is 22.9. The SMILES string of the molecule is CCS(=O)(=O)N1C[C@H](C)[C@H](Nc2c(C(N)=O)cnn3cc(-c4ccc(C(C)=O)nc4)cc23)C1. The second-order valence-electron chi connectivity index (χ2n) is 8.29. The van der Waals surface area contributed by atoms with Crippen LogP contribution in [0.1, 0.15) is 41.6 Å². The van der Waals surface area contributed by atoms with Gasteiger partial charge >= 0.3 is 0 Å². The molecule has 4 rings (SSSR count). The molecule has 1 aliphatic rings. The van der Waals surface area contributed by atoms with Gasteiger partial charge in [-0.15, -0.1) is 0 Å². The number of anilines is 1. The zero-order valence-electron chi connectivity index (χ0n) is 18.6. The van der Waals surface area contributed by atoms with Gasteiger partial charge in [0.05, 0.1) is 28.7 Å². The number of Topliss-reactive ketones (excluding diaryl/α,β-unsaturated/α-hetero) is 1. The number of fused-ring (bicyclic) bond motifs is 1. The molecule has 3 aromatic heterocycles. The summed E-state index contributed by atoms with van der Waals surface area (Å²) in [6, 6.07) is 5.11. The van der Waals surface area contributed by atoms with E-state index in [1.54, 1.807) is 36.0 Å². The highest BCUT2D eigenvalue weighted by Gasteiger charge is 2.36. The molecule has 1 fully saturated rings. The number of hydrogen-bond donors (Lipinski definition) is 2. The summed E-state index contributed by atoms with van der Waals surface area (Å²) in [6.45, 7) is 5.75. The Kier molecular flexibility index (Phi) is 5.93. The van der Waals surface area contributed by atoms with Crippen LogP contribution in [0.4, 0.5) is 5.69 Å². The minimum absolute atomic E-state index is 0.0259. The minimum atomic E-state index is -3.31. The molecule has 0 unspecified atom stereocenters. The van der Waals surface area contributed by atoms with Gasteiger partial charge in [0.25, 0.3) is 5.91 Å². The molecule has 3 aromatic rings. The van der Waals surface area contributed by atoms with Gasteiger partial charge in [0.1, 0.15) is 5.69 Å². The van der Waals surface area contributed by atoms with Crippen molar-refractivity contribution in [3.05, 3.63) is 48.0 Å². The Labute approximate surface area is 191 Å². The predicted octanol–water partition coefficient (Wildman–Crippen LogP) is 1.78. The third-order valence-corrected chi connectivity index (χ3v) is 7.84. The molecule has 3 N–H and O–H groups in total. The van der Waals surface area contributed by atoms with Gasteiger partial charge in [0.15, 0.2) is 5.78 Å². The quantitative estimate of drug-likeness (QED) is 0.502. The number of pyridine rings is 1. The molecular formula is C22H26N6O4S. The number of aromatic nitrogens is 3. The number of primary amides is 1. The minimum Gasteiger partial charge on any atom is -0.378 e. The second-order valence-corrected chi connectivity index (χ2v) is 10.5. The molecule has 4 heterocycles. The monoisotopic (exact) mass is 470 g/mol. The van der Waals surface area contributed by atoms with Gasteiger partial charge in [-0.2, -0.15) is 9.40 Å². The van der Waals surface area contributed by atoms with E-state index in [0.29, 0.717) is 30.0 Å². The molecule has 0 bridgehead atoms. The van der Waals surface area contributed by atoms with Crippen molar-refractivity contribution in [1.82, 2.24) is 18.9 Å². The Bertz CT molecular complexity index is 1330. The maximum absolute atomic E-state index is 12.3. The lowest BCUT2D eigenvalue weighted by Crippen LogP contribution is -2.33. The van der Waals surface area contributed by atoms with E-state index < -0.39 is 15.9 Å². The number of hydrogen-bond acceptors (Lipinski definition) is 7.